The summed E-state index contributed by atoms with van der Waals surface area (Å²) in [5.74, 6) is -1.28. The number of hydrogen-bond donors (Lipinski definition) is 2. The molecular weight excluding hydrogens is 264 g/mol. The van der Waals surface area contributed by atoms with Gasteiger partial charge in [0.05, 0.1) is 5.52 Å². The van der Waals surface area contributed by atoms with Crippen LogP contribution in [0.4, 0.5) is 0 Å². The van der Waals surface area contributed by atoms with Crippen molar-refractivity contribution in [2.45, 2.75) is 6.54 Å². The van der Waals surface area contributed by atoms with Crippen molar-refractivity contribution in [3.05, 3.63) is 43.9 Å². The molecule has 0 unspecified atom stereocenters. The molecule has 1 aromatic carbocycles. The average molecular weight is 271 g/mol. The van der Waals surface area contributed by atoms with Crippen LogP contribution in [0.5, 0.6) is 0 Å². The van der Waals surface area contributed by atoms with Crippen LogP contribution in [0.15, 0.2) is 27.8 Å². The standard InChI is InChI=1S/C10H7ClN2O5/c11-5-1-2-6-7(3-5)12(4-8(14)15)9(16)10(17)13(6)18/h1-3,18H,4H2,(H,14,15). The molecule has 2 N–H and O–H groups in total. The van der Waals surface area contributed by atoms with Gasteiger partial charge in [0, 0.05) is 5.02 Å². The molecule has 0 atom stereocenters. The molecule has 1 heterocycles. The third kappa shape index (κ3) is 1.84. The number of carboxylic acids is 1. The van der Waals surface area contributed by atoms with Gasteiger partial charge in [-0.05, 0) is 18.2 Å². The first-order valence-corrected chi connectivity index (χ1v) is 5.16. The zero-order valence-electron chi connectivity index (χ0n) is 8.83. The van der Waals surface area contributed by atoms with Crippen LogP contribution in [0.2, 0.25) is 5.02 Å². The Balaban J connectivity index is 2.98. The lowest BCUT2D eigenvalue weighted by Gasteiger charge is -2.09. The number of rotatable bonds is 2. The summed E-state index contributed by atoms with van der Waals surface area (Å²) in [6.07, 6.45) is 0. The van der Waals surface area contributed by atoms with E-state index in [9.17, 15) is 19.6 Å². The summed E-state index contributed by atoms with van der Waals surface area (Å²) in [4.78, 5) is 33.7. The Morgan fingerprint density at radius 2 is 1.89 bits per heavy atom. The minimum Gasteiger partial charge on any atom is -0.480 e. The van der Waals surface area contributed by atoms with Gasteiger partial charge in [0.25, 0.3) is 0 Å². The highest BCUT2D eigenvalue weighted by atomic mass is 35.5. The Kier molecular flexibility index (Phi) is 2.84. The molecule has 0 aliphatic carbocycles. The van der Waals surface area contributed by atoms with Crippen LogP contribution in [0.3, 0.4) is 0 Å². The molecular formula is C10H7ClN2O5. The van der Waals surface area contributed by atoms with E-state index in [1.54, 1.807) is 0 Å². The van der Waals surface area contributed by atoms with Crippen LogP contribution in [0.25, 0.3) is 11.0 Å². The Hall–Kier alpha value is -2.28. The van der Waals surface area contributed by atoms with Crippen molar-refractivity contribution in [2.24, 2.45) is 0 Å². The summed E-state index contributed by atoms with van der Waals surface area (Å²) in [5, 5.41) is 18.5. The van der Waals surface area contributed by atoms with Crippen LogP contribution in [0, 0.1) is 0 Å². The van der Waals surface area contributed by atoms with Gasteiger partial charge in [-0.3, -0.25) is 19.0 Å². The van der Waals surface area contributed by atoms with E-state index in [4.69, 9.17) is 16.7 Å². The lowest BCUT2D eigenvalue weighted by molar-refractivity contribution is -0.137. The van der Waals surface area contributed by atoms with Crippen molar-refractivity contribution in [1.29, 1.82) is 0 Å². The number of nitrogens with zero attached hydrogens (tertiary/aromatic N) is 2. The molecule has 0 amide bonds. The average Bonchev–Trinajstić information content (AvgIpc) is 2.31. The summed E-state index contributed by atoms with van der Waals surface area (Å²) < 4.78 is 0.922. The van der Waals surface area contributed by atoms with Gasteiger partial charge in [0.15, 0.2) is 0 Å². The van der Waals surface area contributed by atoms with E-state index in [0.717, 1.165) is 4.57 Å². The summed E-state index contributed by atoms with van der Waals surface area (Å²) in [7, 11) is 0. The van der Waals surface area contributed by atoms with Crippen LogP contribution in [-0.2, 0) is 11.3 Å². The monoisotopic (exact) mass is 270 g/mol. The number of aliphatic carboxylic acids is 1. The van der Waals surface area contributed by atoms with Crippen molar-refractivity contribution < 1.29 is 15.1 Å². The quantitative estimate of drug-likeness (QED) is 0.597. The molecule has 0 saturated carbocycles. The highest BCUT2D eigenvalue weighted by molar-refractivity contribution is 6.31. The van der Waals surface area contributed by atoms with Gasteiger partial charge in [-0.15, -0.1) is 4.73 Å². The molecule has 2 aromatic rings. The molecule has 18 heavy (non-hydrogen) atoms. The summed E-state index contributed by atoms with van der Waals surface area (Å²) in [5.41, 5.74) is -2.28. The molecule has 8 heteroatoms. The van der Waals surface area contributed by atoms with Crippen LogP contribution in [-0.4, -0.2) is 25.6 Å². The van der Waals surface area contributed by atoms with Gasteiger partial charge < -0.3 is 10.3 Å². The van der Waals surface area contributed by atoms with Crippen LogP contribution < -0.4 is 11.1 Å². The topological polar surface area (TPSA) is 102 Å². The van der Waals surface area contributed by atoms with E-state index >= 15 is 0 Å². The molecule has 2 rings (SSSR count). The third-order valence-corrected chi connectivity index (χ3v) is 2.61. The number of carboxylic acid groups (broad SMARTS) is 1. The van der Waals surface area contributed by atoms with Gasteiger partial charge in [-0.25, -0.2) is 0 Å². The Morgan fingerprint density at radius 1 is 1.22 bits per heavy atom. The molecule has 0 bridgehead atoms. The second kappa shape index (κ2) is 4.19. The first-order chi connectivity index (χ1) is 8.41. The summed E-state index contributed by atoms with van der Waals surface area (Å²) in [6, 6.07) is 4.02. The highest BCUT2D eigenvalue weighted by Gasteiger charge is 2.14. The number of hydrogen-bond acceptors (Lipinski definition) is 4. The predicted octanol–water partition coefficient (Wildman–Crippen LogP) is 0.139. The molecule has 0 aliphatic heterocycles. The van der Waals surface area contributed by atoms with E-state index in [0.29, 0.717) is 0 Å². The number of aromatic nitrogens is 2. The second-order valence-electron chi connectivity index (χ2n) is 3.54. The minimum atomic E-state index is -1.28. The van der Waals surface area contributed by atoms with Gasteiger partial charge in [-0.1, -0.05) is 11.6 Å². The second-order valence-corrected chi connectivity index (χ2v) is 3.97. The number of halogens is 1. The van der Waals surface area contributed by atoms with Crippen molar-refractivity contribution in [1.82, 2.24) is 9.30 Å². The largest absolute Gasteiger partial charge is 0.480 e. The summed E-state index contributed by atoms with van der Waals surface area (Å²) in [6.45, 7) is -0.689. The molecule has 0 radical (unpaired) electrons. The number of benzene rings is 1. The molecule has 7 nitrogen and oxygen atoms in total. The fourth-order valence-electron chi connectivity index (χ4n) is 1.61. The number of carbonyl (C=O) groups is 1. The van der Waals surface area contributed by atoms with Crippen molar-refractivity contribution in [2.75, 3.05) is 0 Å². The smallest absolute Gasteiger partial charge is 0.349 e. The van der Waals surface area contributed by atoms with E-state index < -0.39 is 23.6 Å². The third-order valence-electron chi connectivity index (χ3n) is 2.37. The molecule has 0 saturated heterocycles. The van der Waals surface area contributed by atoms with E-state index in [1.165, 1.54) is 18.2 Å². The summed E-state index contributed by atoms with van der Waals surface area (Å²) >= 11 is 5.74. The zero-order chi connectivity index (χ0) is 13.4. The lowest BCUT2D eigenvalue weighted by atomic mass is 10.3. The Labute approximate surface area is 104 Å². The highest BCUT2D eigenvalue weighted by Crippen LogP contribution is 2.16. The van der Waals surface area contributed by atoms with E-state index in [1.807, 2.05) is 0 Å². The van der Waals surface area contributed by atoms with Crippen LogP contribution in [0.1, 0.15) is 0 Å². The van der Waals surface area contributed by atoms with Gasteiger partial charge in [0.1, 0.15) is 12.1 Å². The zero-order valence-corrected chi connectivity index (χ0v) is 9.59. The normalized spacial score (nSPS) is 10.7. The predicted molar refractivity (Wildman–Crippen MR) is 62.3 cm³/mol. The van der Waals surface area contributed by atoms with Crippen molar-refractivity contribution in [3.8, 4) is 0 Å². The molecule has 0 spiro atoms. The lowest BCUT2D eigenvalue weighted by Crippen LogP contribution is -2.41. The minimum absolute atomic E-state index is 0.00486. The molecule has 94 valence electrons. The van der Waals surface area contributed by atoms with Crippen LogP contribution >= 0.6 is 11.6 Å². The molecule has 1 aromatic heterocycles. The fraction of sp³-hybridized carbons (Fsp3) is 0.100. The van der Waals surface area contributed by atoms with Gasteiger partial charge in [-0.2, -0.15) is 0 Å². The SMILES string of the molecule is O=C(O)Cn1c(=O)c(=O)n(O)c2ccc(Cl)cc21. The Bertz CT molecular complexity index is 761. The first kappa shape index (κ1) is 12.2. The number of fused-ring (bicyclic) bond motifs is 1. The van der Waals surface area contributed by atoms with Gasteiger partial charge in [0.2, 0.25) is 0 Å². The maximum absolute atomic E-state index is 11.6. The Morgan fingerprint density at radius 3 is 2.50 bits per heavy atom. The molecule has 0 aliphatic rings. The van der Waals surface area contributed by atoms with E-state index in [-0.39, 0.29) is 20.8 Å². The van der Waals surface area contributed by atoms with Crippen molar-refractivity contribution >= 4 is 28.6 Å². The first-order valence-electron chi connectivity index (χ1n) is 4.78. The fourth-order valence-corrected chi connectivity index (χ4v) is 1.78. The van der Waals surface area contributed by atoms with Crippen molar-refractivity contribution in [3.63, 3.8) is 0 Å². The maximum Gasteiger partial charge on any atom is 0.349 e. The van der Waals surface area contributed by atoms with Gasteiger partial charge >= 0.3 is 17.1 Å². The van der Waals surface area contributed by atoms with E-state index in [2.05, 4.69) is 0 Å². The molecule has 0 fully saturated rings. The maximum atomic E-state index is 11.6.